The molecule has 2 unspecified atom stereocenters. The highest BCUT2D eigenvalue weighted by Gasteiger charge is 2.01. The molecule has 0 fully saturated rings. The van der Waals surface area contributed by atoms with Crippen molar-refractivity contribution in [2.24, 2.45) is 0 Å². The van der Waals surface area contributed by atoms with Crippen LogP contribution in [-0.2, 0) is 4.79 Å². The van der Waals surface area contributed by atoms with Crippen molar-refractivity contribution < 1.29 is 25.2 Å². The highest BCUT2D eigenvalue weighted by molar-refractivity contribution is 5.66. The molecule has 5 heteroatoms. The number of aliphatic hydroxyl groups is 3. The van der Waals surface area contributed by atoms with E-state index >= 15 is 0 Å². The van der Waals surface area contributed by atoms with Gasteiger partial charge in [0.25, 0.3) is 0 Å². The smallest absolute Gasteiger partial charge is 0.303 e. The Morgan fingerprint density at radius 2 is 1.40 bits per heavy atom. The molecule has 140 valence electrons. The summed E-state index contributed by atoms with van der Waals surface area (Å²) in [5.74, 6) is -0.857. The Hall–Kier alpha value is -1.95. The number of rotatable bonds is 13. The fourth-order valence-corrected chi connectivity index (χ4v) is 1.78. The number of aliphatic hydroxyl groups excluding tert-OH is 3. The molecular weight excluding hydrogens is 320 g/mol. The monoisotopic (exact) mass is 350 g/mol. The average Bonchev–Trinajstić information content (AvgIpc) is 2.57. The second-order valence-corrected chi connectivity index (χ2v) is 5.60. The van der Waals surface area contributed by atoms with Crippen molar-refractivity contribution in [1.29, 1.82) is 0 Å². The van der Waals surface area contributed by atoms with Gasteiger partial charge in [-0.2, -0.15) is 0 Å². The van der Waals surface area contributed by atoms with Gasteiger partial charge < -0.3 is 20.4 Å². The van der Waals surface area contributed by atoms with Gasteiger partial charge in [0.05, 0.1) is 18.3 Å². The third kappa shape index (κ3) is 16.7. The Bertz CT molecular complexity index is 488. The second kappa shape index (κ2) is 15.6. The number of hydrogen-bond donors (Lipinski definition) is 4. The first-order valence-corrected chi connectivity index (χ1v) is 8.56. The molecule has 0 rings (SSSR count). The topological polar surface area (TPSA) is 98.0 Å². The number of carboxylic acids is 1. The van der Waals surface area contributed by atoms with Crippen molar-refractivity contribution >= 4 is 5.97 Å². The first-order valence-electron chi connectivity index (χ1n) is 8.56. The van der Waals surface area contributed by atoms with Gasteiger partial charge in [-0.3, -0.25) is 4.79 Å². The maximum absolute atomic E-state index is 10.3. The van der Waals surface area contributed by atoms with E-state index < -0.39 is 24.3 Å². The van der Waals surface area contributed by atoms with Crippen molar-refractivity contribution in [1.82, 2.24) is 0 Å². The van der Waals surface area contributed by atoms with E-state index in [0.717, 1.165) is 0 Å². The summed E-state index contributed by atoms with van der Waals surface area (Å²) in [7, 11) is 0. The molecule has 5 nitrogen and oxygen atoms in total. The standard InChI is InChI=1S/C20H30O5/c1-2-17(21)11-8-5-9-14-18(22)12-6-3-4-7-13-19(23)15-10-16-20(24)25/h3-9,11-13,17-19,21-23H,2,10,14-16H2,1H3,(H,24,25)/b4-3+,9-5-,11-8+,12-6+,13-7-/t17?,18?,19-/m1/s1. The highest BCUT2D eigenvalue weighted by Crippen LogP contribution is 2.02. The van der Waals surface area contributed by atoms with Crippen molar-refractivity contribution in [3.63, 3.8) is 0 Å². The maximum atomic E-state index is 10.3. The minimum atomic E-state index is -0.857. The fraction of sp³-hybridized carbons (Fsp3) is 0.450. The van der Waals surface area contributed by atoms with Crippen LogP contribution >= 0.6 is 0 Å². The van der Waals surface area contributed by atoms with Crippen LogP contribution in [0.1, 0.15) is 39.0 Å². The minimum absolute atomic E-state index is 0.0603. The van der Waals surface area contributed by atoms with Crippen LogP contribution in [0.3, 0.4) is 0 Å². The lowest BCUT2D eigenvalue weighted by Gasteiger charge is -2.02. The van der Waals surface area contributed by atoms with E-state index in [1.165, 1.54) is 0 Å². The molecule has 0 aromatic heterocycles. The van der Waals surface area contributed by atoms with Gasteiger partial charge in [0, 0.05) is 6.42 Å². The molecule has 0 aromatic rings. The van der Waals surface area contributed by atoms with Gasteiger partial charge in [-0.1, -0.05) is 67.7 Å². The van der Waals surface area contributed by atoms with E-state index in [4.69, 9.17) is 5.11 Å². The highest BCUT2D eigenvalue weighted by atomic mass is 16.4. The molecule has 3 atom stereocenters. The lowest BCUT2D eigenvalue weighted by Crippen LogP contribution is -2.03. The molecule has 0 aliphatic heterocycles. The Balaban J connectivity index is 3.95. The molecule has 0 aliphatic rings. The largest absolute Gasteiger partial charge is 0.481 e. The van der Waals surface area contributed by atoms with Crippen LogP contribution in [0.25, 0.3) is 0 Å². The van der Waals surface area contributed by atoms with Gasteiger partial charge in [0.2, 0.25) is 0 Å². The van der Waals surface area contributed by atoms with Gasteiger partial charge in [0.1, 0.15) is 0 Å². The molecule has 25 heavy (non-hydrogen) atoms. The number of carbonyl (C=O) groups is 1. The van der Waals surface area contributed by atoms with E-state index in [1.54, 1.807) is 54.7 Å². The first-order chi connectivity index (χ1) is 12.0. The van der Waals surface area contributed by atoms with Crippen molar-refractivity contribution in [2.45, 2.75) is 57.3 Å². The second-order valence-electron chi connectivity index (χ2n) is 5.60. The zero-order valence-corrected chi connectivity index (χ0v) is 14.7. The lowest BCUT2D eigenvalue weighted by molar-refractivity contribution is -0.137. The lowest BCUT2D eigenvalue weighted by atomic mass is 10.1. The molecule has 0 aromatic carbocycles. The molecule has 0 radical (unpaired) electrons. The zero-order valence-electron chi connectivity index (χ0n) is 14.7. The van der Waals surface area contributed by atoms with Crippen LogP contribution in [-0.4, -0.2) is 44.7 Å². The number of aliphatic carboxylic acids is 1. The van der Waals surface area contributed by atoms with Crippen LogP contribution in [0.5, 0.6) is 0 Å². The van der Waals surface area contributed by atoms with Gasteiger partial charge in [-0.05, 0) is 25.7 Å². The van der Waals surface area contributed by atoms with Crippen LogP contribution in [0.4, 0.5) is 0 Å². The molecule has 0 aliphatic carbocycles. The summed E-state index contributed by atoms with van der Waals surface area (Å²) in [6.45, 7) is 1.90. The van der Waals surface area contributed by atoms with Crippen LogP contribution in [0, 0.1) is 0 Å². The molecule has 0 saturated heterocycles. The van der Waals surface area contributed by atoms with Crippen molar-refractivity contribution in [3.8, 4) is 0 Å². The van der Waals surface area contributed by atoms with Crippen molar-refractivity contribution in [2.75, 3.05) is 0 Å². The molecule has 0 spiro atoms. The van der Waals surface area contributed by atoms with Crippen LogP contribution in [0.15, 0.2) is 60.8 Å². The molecule has 0 saturated carbocycles. The fourth-order valence-electron chi connectivity index (χ4n) is 1.78. The molecule has 0 heterocycles. The third-order valence-corrected chi connectivity index (χ3v) is 3.27. The van der Waals surface area contributed by atoms with Gasteiger partial charge in [0.15, 0.2) is 0 Å². The van der Waals surface area contributed by atoms with Gasteiger partial charge in [-0.15, -0.1) is 0 Å². The summed E-state index contributed by atoms with van der Waals surface area (Å²) in [4.78, 5) is 10.3. The Labute approximate surface area is 150 Å². The summed E-state index contributed by atoms with van der Waals surface area (Å²) in [5.41, 5.74) is 0. The molecule has 0 amide bonds. The number of allylic oxidation sites excluding steroid dienone is 6. The maximum Gasteiger partial charge on any atom is 0.303 e. The SMILES string of the molecule is CCC(O)/C=C/C=C\CC(O)/C=C/C=C/C=C\[C@@H](O)CCCC(=O)O. The Morgan fingerprint density at radius 1 is 0.840 bits per heavy atom. The summed E-state index contributed by atoms with van der Waals surface area (Å²) >= 11 is 0. The molecular formula is C20H30O5. The van der Waals surface area contributed by atoms with Gasteiger partial charge in [-0.25, -0.2) is 0 Å². The minimum Gasteiger partial charge on any atom is -0.481 e. The van der Waals surface area contributed by atoms with Gasteiger partial charge >= 0.3 is 5.97 Å². The van der Waals surface area contributed by atoms with Crippen molar-refractivity contribution in [3.05, 3.63) is 60.8 Å². The average molecular weight is 350 g/mol. The quantitative estimate of drug-likeness (QED) is 0.383. The van der Waals surface area contributed by atoms with E-state index in [1.807, 2.05) is 13.0 Å². The van der Waals surface area contributed by atoms with E-state index in [2.05, 4.69) is 0 Å². The van der Waals surface area contributed by atoms with E-state index in [9.17, 15) is 20.1 Å². The zero-order chi connectivity index (χ0) is 18.9. The van der Waals surface area contributed by atoms with Crippen LogP contribution < -0.4 is 0 Å². The predicted octanol–water partition coefficient (Wildman–Crippen LogP) is 2.91. The normalized spacial score (nSPS) is 16.6. The predicted molar refractivity (Wildman–Crippen MR) is 100 cm³/mol. The summed E-state index contributed by atoms with van der Waals surface area (Å²) in [6.07, 6.45) is 17.6. The summed E-state index contributed by atoms with van der Waals surface area (Å²) < 4.78 is 0. The Kier molecular flexibility index (Phi) is 14.4. The van der Waals surface area contributed by atoms with E-state index in [-0.39, 0.29) is 6.42 Å². The Morgan fingerprint density at radius 3 is 2.00 bits per heavy atom. The summed E-state index contributed by atoms with van der Waals surface area (Å²) in [5, 5.41) is 37.2. The summed E-state index contributed by atoms with van der Waals surface area (Å²) in [6, 6.07) is 0. The van der Waals surface area contributed by atoms with Crippen LogP contribution in [0.2, 0.25) is 0 Å². The number of carboxylic acid groups (broad SMARTS) is 1. The molecule has 0 bridgehead atoms. The van der Waals surface area contributed by atoms with E-state index in [0.29, 0.717) is 25.7 Å². The molecule has 4 N–H and O–H groups in total. The number of hydrogen-bond acceptors (Lipinski definition) is 4. The first kappa shape index (κ1) is 23.1. The third-order valence-electron chi connectivity index (χ3n) is 3.27.